The average molecular weight is 169 g/mol. The lowest BCUT2D eigenvalue weighted by Gasteiger charge is -2.14. The van der Waals surface area contributed by atoms with Crippen molar-refractivity contribution in [1.29, 1.82) is 5.26 Å². The van der Waals surface area contributed by atoms with Crippen molar-refractivity contribution in [2.24, 2.45) is 5.92 Å². The maximum Gasteiger partial charge on any atom is 0.251 e. The van der Waals surface area contributed by atoms with E-state index in [1.807, 2.05) is 13.0 Å². The third kappa shape index (κ3) is 3.94. The monoisotopic (exact) mass is 169 g/mol. The molecule has 0 aromatic carbocycles. The van der Waals surface area contributed by atoms with E-state index in [0.717, 1.165) is 6.42 Å². The number of hydrazine groups is 1. The van der Waals surface area contributed by atoms with E-state index in [2.05, 4.69) is 5.43 Å². The largest absolute Gasteiger partial charge is 0.288 e. The molecule has 0 aromatic rings. The standard InChI is InChI=1S/C8H15N3O/c1-4-5-7(6-9)8(12)10-11(2)3/h7H,4-5H2,1-3H3,(H,10,12). The molecule has 0 aliphatic heterocycles. The Kier molecular flexibility index (Phi) is 5.06. The Bertz CT molecular complexity index is 183. The topological polar surface area (TPSA) is 56.1 Å². The molecule has 0 spiro atoms. The number of hydrogen-bond donors (Lipinski definition) is 1. The van der Waals surface area contributed by atoms with Crippen LogP contribution in [0, 0.1) is 17.2 Å². The van der Waals surface area contributed by atoms with Crippen molar-refractivity contribution in [3.8, 4) is 6.07 Å². The second-order valence-corrected chi connectivity index (χ2v) is 2.84. The van der Waals surface area contributed by atoms with Crippen molar-refractivity contribution in [2.75, 3.05) is 14.1 Å². The molecule has 4 heteroatoms. The van der Waals surface area contributed by atoms with Gasteiger partial charge in [-0.05, 0) is 6.42 Å². The van der Waals surface area contributed by atoms with Crippen LogP contribution in [0.1, 0.15) is 19.8 Å². The zero-order chi connectivity index (χ0) is 9.56. The van der Waals surface area contributed by atoms with Crippen LogP contribution in [0.15, 0.2) is 0 Å². The Morgan fingerprint density at radius 3 is 2.58 bits per heavy atom. The van der Waals surface area contributed by atoms with Crippen LogP contribution in [0.4, 0.5) is 0 Å². The fourth-order valence-corrected chi connectivity index (χ4v) is 0.841. The van der Waals surface area contributed by atoms with E-state index in [4.69, 9.17) is 5.26 Å². The van der Waals surface area contributed by atoms with Crippen LogP contribution < -0.4 is 5.43 Å². The summed E-state index contributed by atoms with van der Waals surface area (Å²) >= 11 is 0. The first-order valence-corrected chi connectivity index (χ1v) is 3.99. The summed E-state index contributed by atoms with van der Waals surface area (Å²) in [5.74, 6) is -0.734. The van der Waals surface area contributed by atoms with Crippen molar-refractivity contribution in [1.82, 2.24) is 10.4 Å². The Morgan fingerprint density at radius 1 is 1.67 bits per heavy atom. The van der Waals surface area contributed by atoms with Crippen LogP contribution in [-0.4, -0.2) is 25.0 Å². The lowest BCUT2D eigenvalue weighted by molar-refractivity contribution is -0.127. The summed E-state index contributed by atoms with van der Waals surface area (Å²) in [5, 5.41) is 10.2. The Labute approximate surface area is 73.1 Å². The third-order valence-electron chi connectivity index (χ3n) is 1.38. The highest BCUT2D eigenvalue weighted by Gasteiger charge is 2.16. The molecule has 0 aromatic heterocycles. The minimum atomic E-state index is -0.516. The van der Waals surface area contributed by atoms with Crippen LogP contribution in [0.5, 0.6) is 0 Å². The molecule has 68 valence electrons. The highest BCUT2D eigenvalue weighted by Crippen LogP contribution is 2.04. The van der Waals surface area contributed by atoms with Gasteiger partial charge in [-0.25, -0.2) is 5.01 Å². The molecular formula is C8H15N3O. The molecule has 12 heavy (non-hydrogen) atoms. The van der Waals surface area contributed by atoms with Crippen LogP contribution in [-0.2, 0) is 4.79 Å². The van der Waals surface area contributed by atoms with E-state index in [9.17, 15) is 4.79 Å². The molecule has 0 saturated heterocycles. The van der Waals surface area contributed by atoms with Gasteiger partial charge in [0.2, 0.25) is 0 Å². The number of nitriles is 1. The van der Waals surface area contributed by atoms with Gasteiger partial charge in [0.05, 0.1) is 6.07 Å². The molecule has 4 nitrogen and oxygen atoms in total. The first-order valence-electron chi connectivity index (χ1n) is 3.99. The molecule has 1 atom stereocenters. The van der Waals surface area contributed by atoms with Gasteiger partial charge in [-0.2, -0.15) is 5.26 Å². The van der Waals surface area contributed by atoms with Gasteiger partial charge in [0.25, 0.3) is 5.91 Å². The normalized spacial score (nSPS) is 12.2. The van der Waals surface area contributed by atoms with Crippen molar-refractivity contribution < 1.29 is 4.79 Å². The van der Waals surface area contributed by atoms with E-state index >= 15 is 0 Å². The maximum atomic E-state index is 11.2. The average Bonchev–Trinajstić information content (AvgIpc) is 1.98. The van der Waals surface area contributed by atoms with Gasteiger partial charge < -0.3 is 0 Å². The minimum Gasteiger partial charge on any atom is -0.288 e. The highest BCUT2D eigenvalue weighted by atomic mass is 16.2. The summed E-state index contributed by atoms with van der Waals surface area (Å²) in [7, 11) is 3.44. The number of nitrogens with zero attached hydrogens (tertiary/aromatic N) is 2. The fraction of sp³-hybridized carbons (Fsp3) is 0.750. The molecule has 0 aliphatic carbocycles. The quantitative estimate of drug-likeness (QED) is 0.624. The molecule has 0 fully saturated rings. The van der Waals surface area contributed by atoms with Crippen LogP contribution in [0.2, 0.25) is 0 Å². The summed E-state index contributed by atoms with van der Waals surface area (Å²) in [6, 6.07) is 1.97. The van der Waals surface area contributed by atoms with Crippen LogP contribution in [0.25, 0.3) is 0 Å². The van der Waals surface area contributed by atoms with Gasteiger partial charge in [-0.1, -0.05) is 13.3 Å². The van der Waals surface area contributed by atoms with Gasteiger partial charge in [0, 0.05) is 14.1 Å². The number of rotatable bonds is 4. The maximum absolute atomic E-state index is 11.2. The Balaban J connectivity index is 3.96. The predicted octanol–water partition coefficient (Wildman–Crippen LogP) is 0.519. The van der Waals surface area contributed by atoms with Gasteiger partial charge in [0.15, 0.2) is 0 Å². The Morgan fingerprint density at radius 2 is 2.25 bits per heavy atom. The number of amides is 1. The number of carbonyl (C=O) groups excluding carboxylic acids is 1. The van der Waals surface area contributed by atoms with Crippen molar-refractivity contribution in [3.05, 3.63) is 0 Å². The number of hydrogen-bond acceptors (Lipinski definition) is 3. The zero-order valence-corrected chi connectivity index (χ0v) is 7.79. The molecule has 0 heterocycles. The molecule has 1 N–H and O–H groups in total. The van der Waals surface area contributed by atoms with Gasteiger partial charge >= 0.3 is 0 Å². The lowest BCUT2D eigenvalue weighted by atomic mass is 10.1. The predicted molar refractivity (Wildman–Crippen MR) is 45.8 cm³/mol. The first kappa shape index (κ1) is 10.9. The summed E-state index contributed by atoms with van der Waals surface area (Å²) in [6.45, 7) is 1.95. The van der Waals surface area contributed by atoms with E-state index in [1.54, 1.807) is 19.1 Å². The number of nitrogens with one attached hydrogen (secondary N) is 1. The lowest BCUT2D eigenvalue weighted by Crippen LogP contribution is -2.39. The van der Waals surface area contributed by atoms with Crippen molar-refractivity contribution in [2.45, 2.75) is 19.8 Å². The minimum absolute atomic E-state index is 0.218. The fourth-order valence-electron chi connectivity index (χ4n) is 0.841. The Hall–Kier alpha value is -1.08. The van der Waals surface area contributed by atoms with Gasteiger partial charge in [-0.3, -0.25) is 10.2 Å². The van der Waals surface area contributed by atoms with E-state index in [-0.39, 0.29) is 5.91 Å². The molecular weight excluding hydrogens is 154 g/mol. The van der Waals surface area contributed by atoms with E-state index < -0.39 is 5.92 Å². The smallest absolute Gasteiger partial charge is 0.251 e. The third-order valence-corrected chi connectivity index (χ3v) is 1.38. The molecule has 0 saturated carbocycles. The molecule has 0 bridgehead atoms. The summed E-state index contributed by atoms with van der Waals surface area (Å²) in [6.07, 6.45) is 1.47. The van der Waals surface area contributed by atoms with Crippen molar-refractivity contribution in [3.63, 3.8) is 0 Å². The van der Waals surface area contributed by atoms with E-state index in [1.165, 1.54) is 0 Å². The van der Waals surface area contributed by atoms with Gasteiger partial charge in [-0.15, -0.1) is 0 Å². The van der Waals surface area contributed by atoms with Gasteiger partial charge in [0.1, 0.15) is 5.92 Å². The second-order valence-electron chi connectivity index (χ2n) is 2.84. The van der Waals surface area contributed by atoms with E-state index in [0.29, 0.717) is 6.42 Å². The molecule has 1 unspecified atom stereocenters. The summed E-state index contributed by atoms with van der Waals surface area (Å²) < 4.78 is 0. The SMILES string of the molecule is CCCC(C#N)C(=O)NN(C)C. The zero-order valence-electron chi connectivity index (χ0n) is 7.79. The summed E-state index contributed by atoms with van der Waals surface area (Å²) in [4.78, 5) is 11.2. The molecule has 1 amide bonds. The molecule has 0 aliphatic rings. The molecule has 0 radical (unpaired) electrons. The van der Waals surface area contributed by atoms with Crippen LogP contribution in [0.3, 0.4) is 0 Å². The van der Waals surface area contributed by atoms with Crippen molar-refractivity contribution >= 4 is 5.91 Å². The number of carbonyl (C=O) groups is 1. The second kappa shape index (κ2) is 5.56. The molecule has 0 rings (SSSR count). The highest BCUT2D eigenvalue weighted by molar-refractivity contribution is 5.80. The van der Waals surface area contributed by atoms with Crippen LogP contribution >= 0.6 is 0 Å². The summed E-state index contributed by atoms with van der Waals surface area (Å²) in [5.41, 5.74) is 2.55. The first-order chi connectivity index (χ1) is 5.61.